The van der Waals surface area contributed by atoms with Crippen molar-refractivity contribution in [2.75, 3.05) is 12.4 Å². The number of hydrogen-bond acceptors (Lipinski definition) is 4. The monoisotopic (exact) mass is 282 g/mol. The van der Waals surface area contributed by atoms with Gasteiger partial charge in [-0.1, -0.05) is 24.3 Å². The van der Waals surface area contributed by atoms with E-state index < -0.39 is 0 Å². The van der Waals surface area contributed by atoms with E-state index in [0.29, 0.717) is 5.56 Å². The number of anilines is 1. The number of esters is 1. The molecular formula is C17H18N2O2. The summed E-state index contributed by atoms with van der Waals surface area (Å²) >= 11 is 0. The van der Waals surface area contributed by atoms with Gasteiger partial charge in [-0.05, 0) is 41.8 Å². The van der Waals surface area contributed by atoms with Crippen molar-refractivity contribution in [1.29, 1.82) is 0 Å². The van der Waals surface area contributed by atoms with Gasteiger partial charge in [0, 0.05) is 11.7 Å². The molecule has 4 heteroatoms. The number of carbonyl (C=O) groups excluding carboxylic acids is 1. The second-order valence-electron chi connectivity index (χ2n) is 5.24. The Labute approximate surface area is 123 Å². The fourth-order valence-corrected chi connectivity index (χ4v) is 2.83. The summed E-state index contributed by atoms with van der Waals surface area (Å²) in [6.45, 7) is 0. The molecule has 2 atom stereocenters. The zero-order valence-corrected chi connectivity index (χ0v) is 11.9. The Balaban J connectivity index is 1.77. The molecule has 108 valence electrons. The van der Waals surface area contributed by atoms with Crippen molar-refractivity contribution >= 4 is 11.7 Å². The molecule has 2 aromatic rings. The summed E-state index contributed by atoms with van der Waals surface area (Å²) in [5.41, 5.74) is 10.1. The van der Waals surface area contributed by atoms with Crippen molar-refractivity contribution in [1.82, 2.24) is 0 Å². The van der Waals surface area contributed by atoms with Crippen molar-refractivity contribution in [3.05, 3.63) is 65.2 Å². The third-order valence-corrected chi connectivity index (χ3v) is 3.91. The van der Waals surface area contributed by atoms with Crippen LogP contribution in [0.15, 0.2) is 48.5 Å². The fourth-order valence-electron chi connectivity index (χ4n) is 2.83. The van der Waals surface area contributed by atoms with E-state index in [9.17, 15) is 4.79 Å². The van der Waals surface area contributed by atoms with Gasteiger partial charge in [0.15, 0.2) is 0 Å². The highest BCUT2D eigenvalue weighted by molar-refractivity contribution is 5.89. The van der Waals surface area contributed by atoms with Crippen LogP contribution in [0.25, 0.3) is 0 Å². The van der Waals surface area contributed by atoms with E-state index in [1.165, 1.54) is 18.2 Å². The number of fused-ring (bicyclic) bond motifs is 1. The minimum absolute atomic E-state index is 0.0769. The number of ether oxygens (including phenoxy) is 1. The van der Waals surface area contributed by atoms with Gasteiger partial charge in [-0.3, -0.25) is 0 Å². The number of hydrogen-bond donors (Lipinski definition) is 2. The molecule has 3 N–H and O–H groups in total. The molecule has 0 saturated carbocycles. The van der Waals surface area contributed by atoms with Gasteiger partial charge in [0.1, 0.15) is 0 Å². The lowest BCUT2D eigenvalue weighted by Gasteiger charge is -2.15. The van der Waals surface area contributed by atoms with Gasteiger partial charge in [0.25, 0.3) is 0 Å². The predicted molar refractivity (Wildman–Crippen MR) is 82.1 cm³/mol. The number of benzene rings is 2. The lowest BCUT2D eigenvalue weighted by atomic mass is 10.1. The normalized spacial score (nSPS) is 19.9. The molecule has 0 saturated heterocycles. The zero-order chi connectivity index (χ0) is 14.8. The lowest BCUT2D eigenvalue weighted by Crippen LogP contribution is -2.10. The molecule has 1 aliphatic rings. The third kappa shape index (κ3) is 2.62. The van der Waals surface area contributed by atoms with Crippen LogP contribution in [0.4, 0.5) is 5.69 Å². The number of nitrogens with one attached hydrogen (secondary N) is 1. The predicted octanol–water partition coefficient (Wildman–Crippen LogP) is 3.03. The highest BCUT2D eigenvalue weighted by Crippen LogP contribution is 2.38. The Morgan fingerprint density at radius 3 is 2.48 bits per heavy atom. The van der Waals surface area contributed by atoms with E-state index in [-0.39, 0.29) is 18.1 Å². The molecule has 4 nitrogen and oxygen atoms in total. The van der Waals surface area contributed by atoms with Crippen molar-refractivity contribution in [3.63, 3.8) is 0 Å². The molecule has 1 aliphatic carbocycles. The number of methoxy groups -OCH3 is 1. The summed E-state index contributed by atoms with van der Waals surface area (Å²) in [6, 6.07) is 15.8. The van der Waals surface area contributed by atoms with Gasteiger partial charge in [0.05, 0.1) is 18.7 Å². The molecule has 21 heavy (non-hydrogen) atoms. The lowest BCUT2D eigenvalue weighted by molar-refractivity contribution is 0.0601. The second kappa shape index (κ2) is 5.58. The van der Waals surface area contributed by atoms with Crippen LogP contribution >= 0.6 is 0 Å². The molecule has 0 heterocycles. The molecule has 0 fully saturated rings. The number of carbonyl (C=O) groups is 1. The Morgan fingerprint density at radius 2 is 1.81 bits per heavy atom. The molecule has 2 unspecified atom stereocenters. The zero-order valence-electron chi connectivity index (χ0n) is 11.9. The Morgan fingerprint density at radius 1 is 1.14 bits per heavy atom. The summed E-state index contributed by atoms with van der Waals surface area (Å²) < 4.78 is 4.69. The Hall–Kier alpha value is -2.33. The van der Waals surface area contributed by atoms with Crippen LogP contribution in [0.2, 0.25) is 0 Å². The third-order valence-electron chi connectivity index (χ3n) is 3.91. The minimum Gasteiger partial charge on any atom is -0.465 e. The average Bonchev–Trinajstić information content (AvgIpc) is 2.84. The van der Waals surface area contributed by atoms with E-state index in [1.807, 2.05) is 24.3 Å². The van der Waals surface area contributed by atoms with Crippen LogP contribution in [0, 0.1) is 0 Å². The van der Waals surface area contributed by atoms with Crippen LogP contribution in [-0.4, -0.2) is 13.1 Å². The summed E-state index contributed by atoms with van der Waals surface area (Å²) in [5, 5.41) is 3.48. The number of nitrogens with two attached hydrogens (primary N) is 1. The SMILES string of the molecule is COC(=O)c1ccc(NC2CC(N)c3ccccc32)cc1. The van der Waals surface area contributed by atoms with Crippen molar-refractivity contribution in [2.45, 2.75) is 18.5 Å². The summed E-state index contributed by atoms with van der Waals surface area (Å²) in [4.78, 5) is 11.4. The topological polar surface area (TPSA) is 64.3 Å². The molecule has 2 aromatic carbocycles. The van der Waals surface area contributed by atoms with Crippen LogP contribution < -0.4 is 11.1 Å². The first kappa shape index (κ1) is 13.6. The van der Waals surface area contributed by atoms with E-state index in [4.69, 9.17) is 10.5 Å². The maximum Gasteiger partial charge on any atom is 0.337 e. The van der Waals surface area contributed by atoms with Gasteiger partial charge in [-0.15, -0.1) is 0 Å². The summed E-state index contributed by atoms with van der Waals surface area (Å²) in [7, 11) is 1.38. The quantitative estimate of drug-likeness (QED) is 0.849. The maximum atomic E-state index is 11.4. The molecule has 3 rings (SSSR count). The molecule has 0 amide bonds. The smallest absolute Gasteiger partial charge is 0.337 e. The highest BCUT2D eigenvalue weighted by Gasteiger charge is 2.27. The van der Waals surface area contributed by atoms with Gasteiger partial charge >= 0.3 is 5.97 Å². The Kier molecular flexibility index (Phi) is 3.62. The molecule has 0 spiro atoms. The molecule has 0 bridgehead atoms. The van der Waals surface area contributed by atoms with E-state index in [2.05, 4.69) is 17.4 Å². The standard InChI is InChI=1S/C17H18N2O2/c1-21-17(20)11-6-8-12(9-7-11)19-16-10-15(18)13-4-2-3-5-14(13)16/h2-9,15-16,19H,10,18H2,1H3. The molecule has 0 aromatic heterocycles. The Bertz CT molecular complexity index is 652. The van der Waals surface area contributed by atoms with Crippen LogP contribution in [0.5, 0.6) is 0 Å². The summed E-state index contributed by atoms with van der Waals surface area (Å²) in [6.07, 6.45) is 0.873. The maximum absolute atomic E-state index is 11.4. The van der Waals surface area contributed by atoms with Crippen molar-refractivity contribution < 1.29 is 9.53 Å². The minimum atomic E-state index is -0.324. The average molecular weight is 282 g/mol. The first-order valence-corrected chi connectivity index (χ1v) is 6.98. The second-order valence-corrected chi connectivity index (χ2v) is 5.24. The van der Waals surface area contributed by atoms with Crippen LogP contribution in [-0.2, 0) is 4.74 Å². The van der Waals surface area contributed by atoms with Gasteiger partial charge in [-0.2, -0.15) is 0 Å². The van der Waals surface area contributed by atoms with Crippen molar-refractivity contribution in [3.8, 4) is 0 Å². The summed E-state index contributed by atoms with van der Waals surface area (Å²) in [5.74, 6) is -0.324. The van der Waals surface area contributed by atoms with Gasteiger partial charge in [0.2, 0.25) is 0 Å². The van der Waals surface area contributed by atoms with E-state index in [0.717, 1.165) is 12.1 Å². The largest absolute Gasteiger partial charge is 0.465 e. The molecule has 0 radical (unpaired) electrons. The fraction of sp³-hybridized carbons (Fsp3) is 0.235. The first-order chi connectivity index (χ1) is 10.2. The molecular weight excluding hydrogens is 264 g/mol. The van der Waals surface area contributed by atoms with Gasteiger partial charge < -0.3 is 15.8 Å². The number of rotatable bonds is 3. The van der Waals surface area contributed by atoms with Gasteiger partial charge in [-0.25, -0.2) is 4.79 Å². The van der Waals surface area contributed by atoms with E-state index in [1.54, 1.807) is 12.1 Å². The highest BCUT2D eigenvalue weighted by atomic mass is 16.5. The van der Waals surface area contributed by atoms with Crippen molar-refractivity contribution in [2.24, 2.45) is 5.73 Å². The van der Waals surface area contributed by atoms with Crippen LogP contribution in [0.3, 0.4) is 0 Å². The van der Waals surface area contributed by atoms with Crippen LogP contribution in [0.1, 0.15) is 40.0 Å². The first-order valence-electron chi connectivity index (χ1n) is 6.98. The van der Waals surface area contributed by atoms with E-state index >= 15 is 0 Å². The molecule has 0 aliphatic heterocycles.